The molecule has 0 radical (unpaired) electrons. The first kappa shape index (κ1) is 26.8. The van der Waals surface area contributed by atoms with E-state index in [9.17, 15) is 13.2 Å². The average molecular weight is 513 g/mol. The summed E-state index contributed by atoms with van der Waals surface area (Å²) in [6, 6.07) is 20.7. The molecule has 3 aromatic rings. The maximum atomic E-state index is 13.6. The Balaban J connectivity index is 1.93. The van der Waals surface area contributed by atoms with Crippen molar-refractivity contribution >= 4 is 33.2 Å². The van der Waals surface area contributed by atoms with E-state index in [0.717, 1.165) is 11.1 Å². The van der Waals surface area contributed by atoms with E-state index in [1.807, 2.05) is 6.92 Å². The Hall–Kier alpha value is -2.83. The fourth-order valence-electron chi connectivity index (χ4n) is 4.14. The highest BCUT2D eigenvalue weighted by molar-refractivity contribution is 7.92. The van der Waals surface area contributed by atoms with Crippen molar-refractivity contribution in [1.82, 2.24) is 5.32 Å². The third kappa shape index (κ3) is 6.44. The number of amides is 1. The minimum atomic E-state index is -3.86. The van der Waals surface area contributed by atoms with Crippen molar-refractivity contribution < 1.29 is 13.2 Å². The van der Waals surface area contributed by atoms with Crippen LogP contribution in [-0.4, -0.2) is 20.4 Å². The SMILES string of the molecule is Cc1ccc(Cl)cc1N(Cc1ccc(C(=O)NC(C(C)C)C(C)C)cc1)S(=O)(=O)c1ccccc1. The summed E-state index contributed by atoms with van der Waals surface area (Å²) in [6.07, 6.45) is 0. The number of benzene rings is 3. The predicted octanol–water partition coefficient (Wildman–Crippen LogP) is 6.45. The first-order valence-corrected chi connectivity index (χ1v) is 13.6. The van der Waals surface area contributed by atoms with Crippen molar-refractivity contribution in [3.63, 3.8) is 0 Å². The molecule has 3 aromatic carbocycles. The molecule has 5 nitrogen and oxygen atoms in total. The molecule has 0 atom stereocenters. The summed E-state index contributed by atoms with van der Waals surface area (Å²) < 4.78 is 28.7. The Labute approximate surface area is 214 Å². The van der Waals surface area contributed by atoms with Crippen LogP contribution in [0.15, 0.2) is 77.7 Å². The van der Waals surface area contributed by atoms with Gasteiger partial charge in [0.2, 0.25) is 0 Å². The molecule has 0 saturated carbocycles. The summed E-state index contributed by atoms with van der Waals surface area (Å²) in [5.41, 5.74) is 2.60. The molecule has 7 heteroatoms. The Morgan fingerprint density at radius 1 is 0.914 bits per heavy atom. The van der Waals surface area contributed by atoms with Gasteiger partial charge in [0.15, 0.2) is 0 Å². The van der Waals surface area contributed by atoms with Crippen LogP contribution in [-0.2, 0) is 16.6 Å². The van der Waals surface area contributed by atoms with Crippen molar-refractivity contribution in [1.29, 1.82) is 0 Å². The van der Waals surface area contributed by atoms with Gasteiger partial charge in [-0.3, -0.25) is 9.10 Å². The van der Waals surface area contributed by atoms with Crippen LogP contribution >= 0.6 is 11.6 Å². The zero-order valence-electron chi connectivity index (χ0n) is 20.8. The molecule has 0 aliphatic heterocycles. The first-order chi connectivity index (χ1) is 16.5. The van der Waals surface area contributed by atoms with Gasteiger partial charge in [0, 0.05) is 16.6 Å². The summed E-state index contributed by atoms with van der Waals surface area (Å²) in [4.78, 5) is 13.0. The average Bonchev–Trinajstić information content (AvgIpc) is 2.83. The Morgan fingerprint density at radius 2 is 1.51 bits per heavy atom. The standard InChI is InChI=1S/C28H33ClN2O3S/c1-19(2)27(20(3)4)30-28(32)23-14-12-22(13-15-23)18-31(26-17-24(29)16-11-21(26)5)35(33,34)25-9-7-6-8-10-25/h6-17,19-20,27H,18H2,1-5H3,(H,30,32). The van der Waals surface area contributed by atoms with Gasteiger partial charge in [0.25, 0.3) is 15.9 Å². The monoisotopic (exact) mass is 512 g/mol. The summed E-state index contributed by atoms with van der Waals surface area (Å²) >= 11 is 6.24. The fraction of sp³-hybridized carbons (Fsp3) is 0.321. The minimum Gasteiger partial charge on any atom is -0.349 e. The quantitative estimate of drug-likeness (QED) is 0.358. The number of halogens is 1. The summed E-state index contributed by atoms with van der Waals surface area (Å²) in [7, 11) is -3.86. The highest BCUT2D eigenvalue weighted by Gasteiger charge is 2.27. The van der Waals surface area contributed by atoms with Crippen LogP contribution in [0.4, 0.5) is 5.69 Å². The van der Waals surface area contributed by atoms with Crippen LogP contribution in [0.5, 0.6) is 0 Å². The second-order valence-corrected chi connectivity index (χ2v) is 11.7. The van der Waals surface area contributed by atoms with Gasteiger partial charge in [-0.2, -0.15) is 0 Å². The van der Waals surface area contributed by atoms with Crippen molar-refractivity contribution in [2.24, 2.45) is 11.8 Å². The van der Waals surface area contributed by atoms with Crippen LogP contribution in [0.2, 0.25) is 5.02 Å². The highest BCUT2D eigenvalue weighted by Crippen LogP contribution is 2.31. The third-order valence-corrected chi connectivity index (χ3v) is 8.06. The second kappa shape index (κ2) is 11.3. The van der Waals surface area contributed by atoms with E-state index in [2.05, 4.69) is 33.0 Å². The zero-order valence-corrected chi connectivity index (χ0v) is 22.4. The minimum absolute atomic E-state index is 0.0690. The number of sulfonamides is 1. The predicted molar refractivity (Wildman–Crippen MR) is 143 cm³/mol. The second-order valence-electron chi connectivity index (χ2n) is 9.44. The van der Waals surface area contributed by atoms with Gasteiger partial charge in [-0.1, -0.05) is 75.7 Å². The molecule has 0 saturated heterocycles. The molecular formula is C28H33ClN2O3S. The maximum Gasteiger partial charge on any atom is 0.264 e. The Morgan fingerprint density at radius 3 is 2.09 bits per heavy atom. The molecule has 186 valence electrons. The molecular weight excluding hydrogens is 480 g/mol. The lowest BCUT2D eigenvalue weighted by Crippen LogP contribution is -2.42. The van der Waals surface area contributed by atoms with Gasteiger partial charge in [0.1, 0.15) is 0 Å². The van der Waals surface area contributed by atoms with Gasteiger partial charge in [-0.15, -0.1) is 0 Å². The number of aryl methyl sites for hydroxylation is 1. The number of nitrogens with zero attached hydrogens (tertiary/aromatic N) is 1. The van der Waals surface area contributed by atoms with Crippen LogP contribution in [0.3, 0.4) is 0 Å². The van der Waals surface area contributed by atoms with E-state index < -0.39 is 10.0 Å². The summed E-state index contributed by atoms with van der Waals surface area (Å²) in [5.74, 6) is 0.496. The van der Waals surface area contributed by atoms with Gasteiger partial charge >= 0.3 is 0 Å². The zero-order chi connectivity index (χ0) is 25.8. The topological polar surface area (TPSA) is 66.5 Å². The third-order valence-electron chi connectivity index (χ3n) is 6.05. The largest absolute Gasteiger partial charge is 0.349 e. The van der Waals surface area contributed by atoms with E-state index in [4.69, 9.17) is 11.6 Å². The van der Waals surface area contributed by atoms with Gasteiger partial charge in [-0.25, -0.2) is 8.42 Å². The number of hydrogen-bond acceptors (Lipinski definition) is 3. The summed E-state index contributed by atoms with van der Waals surface area (Å²) in [6.45, 7) is 10.3. The molecule has 3 rings (SSSR count). The molecule has 0 aliphatic carbocycles. The van der Waals surface area contributed by atoms with E-state index in [0.29, 0.717) is 28.1 Å². The maximum absolute atomic E-state index is 13.6. The van der Waals surface area contributed by atoms with Crippen LogP contribution in [0, 0.1) is 18.8 Å². The van der Waals surface area contributed by atoms with Gasteiger partial charge in [0.05, 0.1) is 17.1 Å². The van der Waals surface area contributed by atoms with Crippen molar-refractivity contribution in [3.8, 4) is 0 Å². The summed E-state index contributed by atoms with van der Waals surface area (Å²) in [5, 5.41) is 3.57. The highest BCUT2D eigenvalue weighted by atomic mass is 35.5. The number of hydrogen-bond donors (Lipinski definition) is 1. The number of nitrogens with one attached hydrogen (secondary N) is 1. The lowest BCUT2D eigenvalue weighted by atomic mass is 9.93. The molecule has 0 unspecified atom stereocenters. The molecule has 0 aromatic heterocycles. The van der Waals surface area contributed by atoms with Crippen LogP contribution in [0.1, 0.15) is 49.2 Å². The number of carbonyl (C=O) groups excluding carboxylic acids is 1. The molecule has 0 aliphatic rings. The molecule has 0 fully saturated rings. The number of anilines is 1. The smallest absolute Gasteiger partial charge is 0.264 e. The fourth-order valence-corrected chi connectivity index (χ4v) is 5.83. The Kier molecular flexibility index (Phi) is 8.62. The molecule has 1 N–H and O–H groups in total. The number of carbonyl (C=O) groups is 1. The van der Waals surface area contributed by atoms with Crippen LogP contribution in [0.25, 0.3) is 0 Å². The van der Waals surface area contributed by atoms with Crippen molar-refractivity contribution in [3.05, 3.63) is 94.5 Å². The van der Waals surface area contributed by atoms with Crippen molar-refractivity contribution in [2.75, 3.05) is 4.31 Å². The molecule has 0 heterocycles. The lowest BCUT2D eigenvalue weighted by Gasteiger charge is -2.27. The van der Waals surface area contributed by atoms with E-state index in [1.165, 1.54) is 4.31 Å². The van der Waals surface area contributed by atoms with Crippen LogP contribution < -0.4 is 9.62 Å². The number of rotatable bonds is 9. The lowest BCUT2D eigenvalue weighted by molar-refractivity contribution is 0.0910. The molecule has 35 heavy (non-hydrogen) atoms. The van der Waals surface area contributed by atoms with Gasteiger partial charge in [-0.05, 0) is 66.3 Å². The molecule has 0 spiro atoms. The first-order valence-electron chi connectivity index (χ1n) is 11.7. The normalized spacial score (nSPS) is 11.8. The van der Waals surface area contributed by atoms with E-state index >= 15 is 0 Å². The Bertz CT molecular complexity index is 1250. The molecule has 0 bridgehead atoms. The van der Waals surface area contributed by atoms with Gasteiger partial charge < -0.3 is 5.32 Å². The molecule has 1 amide bonds. The van der Waals surface area contributed by atoms with E-state index in [1.54, 1.807) is 72.8 Å². The van der Waals surface area contributed by atoms with E-state index in [-0.39, 0.29) is 23.4 Å². The van der Waals surface area contributed by atoms with Crippen molar-refractivity contribution in [2.45, 2.75) is 52.1 Å².